The first-order valence-corrected chi connectivity index (χ1v) is 8.36. The molecule has 0 aromatic heterocycles. The number of hydrogen-bond donors (Lipinski definition) is 1. The molecule has 4 nitrogen and oxygen atoms in total. The number of sulfonamides is 1. The van der Waals surface area contributed by atoms with Crippen molar-refractivity contribution in [2.75, 3.05) is 12.3 Å². The molecule has 0 saturated heterocycles. The molecule has 1 aliphatic rings. The lowest BCUT2D eigenvalue weighted by molar-refractivity contribution is 0.396. The summed E-state index contributed by atoms with van der Waals surface area (Å²) in [7, 11) is -3.60. The Bertz CT molecular complexity index is 536. The van der Waals surface area contributed by atoms with Crippen LogP contribution in [-0.2, 0) is 10.0 Å². The van der Waals surface area contributed by atoms with Gasteiger partial charge in [0.1, 0.15) is 4.90 Å². The van der Waals surface area contributed by atoms with Crippen LogP contribution in [0.3, 0.4) is 0 Å². The second-order valence-electron chi connectivity index (χ2n) is 4.86. The van der Waals surface area contributed by atoms with E-state index >= 15 is 0 Å². The topological polar surface area (TPSA) is 63.4 Å². The molecule has 106 valence electrons. The highest BCUT2D eigenvalue weighted by molar-refractivity contribution is 7.89. The third kappa shape index (κ3) is 3.04. The van der Waals surface area contributed by atoms with Crippen LogP contribution in [0.4, 0.5) is 5.69 Å². The van der Waals surface area contributed by atoms with Gasteiger partial charge in [0.25, 0.3) is 0 Å². The van der Waals surface area contributed by atoms with E-state index in [4.69, 9.17) is 17.3 Å². The van der Waals surface area contributed by atoms with Crippen LogP contribution in [0, 0.1) is 0 Å². The van der Waals surface area contributed by atoms with E-state index in [1.54, 1.807) is 22.5 Å². The van der Waals surface area contributed by atoms with Gasteiger partial charge in [0.2, 0.25) is 10.0 Å². The quantitative estimate of drug-likeness (QED) is 0.822. The van der Waals surface area contributed by atoms with Crippen molar-refractivity contribution in [1.82, 2.24) is 4.31 Å². The van der Waals surface area contributed by atoms with Crippen LogP contribution in [0.5, 0.6) is 0 Å². The van der Waals surface area contributed by atoms with Crippen LogP contribution in [0.15, 0.2) is 23.1 Å². The fraction of sp³-hybridized carbons (Fsp3) is 0.538. The van der Waals surface area contributed by atoms with Crippen LogP contribution in [0.1, 0.15) is 32.6 Å². The molecule has 1 fully saturated rings. The Hall–Kier alpha value is -0.780. The molecule has 0 bridgehead atoms. The SMILES string of the molecule is CCCCN(C1CC1)S(=O)(=O)c1c(N)cccc1Cl. The number of unbranched alkanes of at least 4 members (excludes halogenated alkanes) is 1. The monoisotopic (exact) mass is 302 g/mol. The zero-order valence-electron chi connectivity index (χ0n) is 11.0. The van der Waals surface area contributed by atoms with E-state index in [-0.39, 0.29) is 21.6 Å². The van der Waals surface area contributed by atoms with Gasteiger partial charge < -0.3 is 5.73 Å². The van der Waals surface area contributed by atoms with Gasteiger partial charge in [-0.05, 0) is 31.4 Å². The molecular weight excluding hydrogens is 284 g/mol. The summed E-state index contributed by atoms with van der Waals surface area (Å²) in [6.07, 6.45) is 3.65. The Morgan fingerprint density at radius 2 is 2.11 bits per heavy atom. The van der Waals surface area contributed by atoms with Gasteiger partial charge in [0.15, 0.2) is 0 Å². The van der Waals surface area contributed by atoms with E-state index in [1.165, 1.54) is 0 Å². The summed E-state index contributed by atoms with van der Waals surface area (Å²) in [4.78, 5) is 0.0552. The van der Waals surface area contributed by atoms with Crippen molar-refractivity contribution in [3.63, 3.8) is 0 Å². The van der Waals surface area contributed by atoms with Crippen LogP contribution < -0.4 is 5.73 Å². The highest BCUT2D eigenvalue weighted by atomic mass is 35.5. The largest absolute Gasteiger partial charge is 0.398 e. The zero-order valence-corrected chi connectivity index (χ0v) is 12.5. The van der Waals surface area contributed by atoms with E-state index in [9.17, 15) is 8.42 Å². The minimum Gasteiger partial charge on any atom is -0.398 e. The number of rotatable bonds is 6. The summed E-state index contributed by atoms with van der Waals surface area (Å²) in [5.74, 6) is 0. The summed E-state index contributed by atoms with van der Waals surface area (Å²) in [5, 5.41) is 0.196. The van der Waals surface area contributed by atoms with Gasteiger partial charge in [0, 0.05) is 12.6 Å². The molecule has 2 N–H and O–H groups in total. The van der Waals surface area contributed by atoms with Crippen molar-refractivity contribution in [2.45, 2.75) is 43.5 Å². The standard InChI is InChI=1S/C13H19ClN2O2S/c1-2-3-9-16(10-7-8-10)19(17,18)13-11(14)5-4-6-12(13)15/h4-6,10H,2-3,7-9,15H2,1H3. The van der Waals surface area contributed by atoms with Gasteiger partial charge in [-0.25, -0.2) is 8.42 Å². The molecule has 1 aromatic rings. The average Bonchev–Trinajstić information content (AvgIpc) is 3.13. The van der Waals surface area contributed by atoms with Crippen LogP contribution >= 0.6 is 11.6 Å². The normalized spacial score (nSPS) is 15.9. The van der Waals surface area contributed by atoms with E-state index in [0.717, 1.165) is 25.7 Å². The van der Waals surface area contributed by atoms with Crippen LogP contribution in [0.25, 0.3) is 0 Å². The Morgan fingerprint density at radius 3 is 2.63 bits per heavy atom. The van der Waals surface area contributed by atoms with Gasteiger partial charge in [-0.1, -0.05) is 31.0 Å². The van der Waals surface area contributed by atoms with Gasteiger partial charge >= 0.3 is 0 Å². The number of hydrogen-bond acceptors (Lipinski definition) is 3. The van der Waals surface area contributed by atoms with E-state index in [0.29, 0.717) is 6.54 Å². The van der Waals surface area contributed by atoms with Crippen molar-refractivity contribution in [3.8, 4) is 0 Å². The summed E-state index contributed by atoms with van der Waals surface area (Å²) in [6.45, 7) is 2.58. The maximum Gasteiger partial charge on any atom is 0.246 e. The first kappa shape index (κ1) is 14.6. The predicted octanol–water partition coefficient (Wildman–Crippen LogP) is 2.88. The van der Waals surface area contributed by atoms with Crippen molar-refractivity contribution in [3.05, 3.63) is 23.2 Å². The van der Waals surface area contributed by atoms with Gasteiger partial charge in [-0.3, -0.25) is 0 Å². The molecule has 0 amide bonds. The fourth-order valence-corrected chi connectivity index (χ4v) is 4.45. The smallest absolute Gasteiger partial charge is 0.246 e. The maximum absolute atomic E-state index is 12.7. The second-order valence-corrected chi connectivity index (χ2v) is 7.09. The minimum absolute atomic E-state index is 0.0552. The summed E-state index contributed by atoms with van der Waals surface area (Å²) < 4.78 is 27.0. The van der Waals surface area contributed by atoms with Crippen molar-refractivity contribution in [1.29, 1.82) is 0 Å². The van der Waals surface area contributed by atoms with Crippen molar-refractivity contribution < 1.29 is 8.42 Å². The molecule has 0 heterocycles. The molecule has 0 unspecified atom stereocenters. The van der Waals surface area contributed by atoms with E-state index in [2.05, 4.69) is 0 Å². The predicted molar refractivity (Wildman–Crippen MR) is 77.7 cm³/mol. The summed E-state index contributed by atoms with van der Waals surface area (Å²) >= 11 is 6.03. The number of benzene rings is 1. The molecule has 1 aromatic carbocycles. The van der Waals surface area contributed by atoms with Crippen molar-refractivity contribution in [2.24, 2.45) is 0 Å². The molecule has 1 aliphatic carbocycles. The highest BCUT2D eigenvalue weighted by Crippen LogP contribution is 2.36. The third-order valence-corrected chi connectivity index (χ3v) is 5.75. The molecule has 0 atom stereocenters. The zero-order chi connectivity index (χ0) is 14.0. The molecule has 19 heavy (non-hydrogen) atoms. The lowest BCUT2D eigenvalue weighted by atomic mass is 10.3. The maximum atomic E-state index is 12.7. The summed E-state index contributed by atoms with van der Waals surface area (Å²) in [5.41, 5.74) is 6.02. The van der Waals surface area contributed by atoms with Crippen LogP contribution in [-0.4, -0.2) is 25.3 Å². The average molecular weight is 303 g/mol. The number of nitrogens with two attached hydrogens (primary N) is 1. The number of halogens is 1. The number of nitrogens with zero attached hydrogens (tertiary/aromatic N) is 1. The van der Waals surface area contributed by atoms with Gasteiger partial charge in [0.05, 0.1) is 10.7 Å². The van der Waals surface area contributed by atoms with E-state index in [1.807, 2.05) is 6.92 Å². The minimum atomic E-state index is -3.60. The fourth-order valence-electron chi connectivity index (χ4n) is 2.09. The Morgan fingerprint density at radius 1 is 1.42 bits per heavy atom. The third-order valence-electron chi connectivity index (χ3n) is 3.25. The first-order valence-electron chi connectivity index (χ1n) is 6.54. The van der Waals surface area contributed by atoms with E-state index < -0.39 is 10.0 Å². The number of nitrogen functional groups attached to an aromatic ring is 1. The number of anilines is 1. The Kier molecular flexibility index (Phi) is 4.38. The Labute approximate surface area is 119 Å². The first-order chi connectivity index (χ1) is 8.98. The lowest BCUT2D eigenvalue weighted by Crippen LogP contribution is -2.34. The summed E-state index contributed by atoms with van der Waals surface area (Å²) in [6, 6.07) is 4.91. The second kappa shape index (κ2) is 5.69. The lowest BCUT2D eigenvalue weighted by Gasteiger charge is -2.23. The molecular formula is C13H19ClN2O2S. The molecule has 6 heteroatoms. The molecule has 2 rings (SSSR count). The molecule has 0 radical (unpaired) electrons. The van der Waals surface area contributed by atoms with Crippen LogP contribution in [0.2, 0.25) is 5.02 Å². The highest BCUT2D eigenvalue weighted by Gasteiger charge is 2.39. The van der Waals surface area contributed by atoms with Gasteiger partial charge in [-0.2, -0.15) is 4.31 Å². The van der Waals surface area contributed by atoms with Crippen molar-refractivity contribution >= 4 is 27.3 Å². The Balaban J connectivity index is 2.39. The molecule has 0 spiro atoms. The molecule has 0 aliphatic heterocycles. The molecule has 1 saturated carbocycles. The van der Waals surface area contributed by atoms with Gasteiger partial charge in [-0.15, -0.1) is 0 Å².